The Bertz CT molecular complexity index is 691. The number of aliphatic carboxylic acids is 1. The predicted molar refractivity (Wildman–Crippen MR) is 93.8 cm³/mol. The number of morpholine rings is 1. The van der Waals surface area contributed by atoms with Gasteiger partial charge in [0.1, 0.15) is 6.54 Å². The molecule has 1 saturated heterocycles. The Morgan fingerprint density at radius 2 is 2.08 bits per heavy atom. The largest absolute Gasteiger partial charge is 0.480 e. The first kappa shape index (κ1) is 19.3. The van der Waals surface area contributed by atoms with Crippen LogP contribution < -0.4 is 0 Å². The number of sulfonamides is 1. The van der Waals surface area contributed by atoms with Crippen LogP contribution in [-0.4, -0.2) is 79.8 Å². The third-order valence-electron chi connectivity index (χ3n) is 5.53. The molecular weight excluding hydrogens is 360 g/mol. The average Bonchev–Trinajstić information content (AvgIpc) is 2.60. The van der Waals surface area contributed by atoms with Gasteiger partial charge in [0, 0.05) is 25.6 Å². The van der Waals surface area contributed by atoms with E-state index in [0.717, 1.165) is 29.8 Å². The van der Waals surface area contributed by atoms with Crippen LogP contribution in [0.1, 0.15) is 19.3 Å². The Hall–Kier alpha value is -1.45. The summed E-state index contributed by atoms with van der Waals surface area (Å²) >= 11 is 0. The Morgan fingerprint density at radius 1 is 1.31 bits per heavy atom. The van der Waals surface area contributed by atoms with E-state index in [-0.39, 0.29) is 18.4 Å². The minimum absolute atomic E-state index is 0.00234. The fourth-order valence-electron chi connectivity index (χ4n) is 4.18. The summed E-state index contributed by atoms with van der Waals surface area (Å²) in [5, 5.41) is 8.93. The lowest BCUT2D eigenvalue weighted by atomic mass is 9.68. The summed E-state index contributed by atoms with van der Waals surface area (Å²) in [6.45, 7) is 0.444. The molecule has 0 aromatic heterocycles. The second-order valence-electron chi connectivity index (χ2n) is 7.45. The number of hydrogen-bond donors (Lipinski definition) is 1. The van der Waals surface area contributed by atoms with Crippen LogP contribution in [0.25, 0.3) is 0 Å². The fraction of sp³-hybridized carbons (Fsp3) is 0.765. The SMILES string of the molecule is CS(=O)(=O)N(CC(=O)O)CC1CN(C(=O)[C@@H]2C[C@@H]3C=C[C@H]2CC3)CCO1. The van der Waals surface area contributed by atoms with Gasteiger partial charge in [0.05, 0.1) is 19.0 Å². The molecule has 1 N–H and O–H groups in total. The van der Waals surface area contributed by atoms with E-state index in [9.17, 15) is 18.0 Å². The molecule has 1 amide bonds. The van der Waals surface area contributed by atoms with Gasteiger partial charge in [-0.2, -0.15) is 4.31 Å². The van der Waals surface area contributed by atoms with E-state index in [0.29, 0.717) is 31.5 Å². The monoisotopic (exact) mass is 386 g/mol. The second-order valence-corrected chi connectivity index (χ2v) is 9.44. The third-order valence-corrected chi connectivity index (χ3v) is 6.75. The average molecular weight is 386 g/mol. The van der Waals surface area contributed by atoms with Crippen LogP contribution >= 0.6 is 0 Å². The molecule has 4 rings (SSSR count). The first-order valence-electron chi connectivity index (χ1n) is 8.99. The van der Waals surface area contributed by atoms with Gasteiger partial charge in [0.25, 0.3) is 0 Å². The number of amides is 1. The molecule has 1 saturated carbocycles. The summed E-state index contributed by atoms with van der Waals surface area (Å²) in [5.41, 5.74) is 0. The van der Waals surface area contributed by atoms with Crippen molar-refractivity contribution in [3.63, 3.8) is 0 Å². The van der Waals surface area contributed by atoms with Crippen molar-refractivity contribution in [3.05, 3.63) is 12.2 Å². The van der Waals surface area contributed by atoms with E-state index >= 15 is 0 Å². The maximum absolute atomic E-state index is 13.0. The zero-order valence-corrected chi connectivity index (χ0v) is 15.7. The van der Waals surface area contributed by atoms with Crippen LogP contribution in [0.3, 0.4) is 0 Å². The summed E-state index contributed by atoms with van der Waals surface area (Å²) in [4.78, 5) is 25.7. The van der Waals surface area contributed by atoms with Crippen LogP contribution in [0.5, 0.6) is 0 Å². The molecule has 1 heterocycles. The number of rotatable bonds is 6. The highest BCUT2D eigenvalue weighted by Gasteiger charge is 2.39. The van der Waals surface area contributed by atoms with Crippen molar-refractivity contribution >= 4 is 21.9 Å². The number of nitrogens with zero attached hydrogens (tertiary/aromatic N) is 2. The lowest BCUT2D eigenvalue weighted by molar-refractivity contribution is -0.147. The quantitative estimate of drug-likeness (QED) is 0.652. The maximum Gasteiger partial charge on any atom is 0.318 e. The van der Waals surface area contributed by atoms with Crippen LogP contribution in [0.2, 0.25) is 0 Å². The molecule has 0 radical (unpaired) electrons. The number of hydrogen-bond acceptors (Lipinski definition) is 5. The minimum atomic E-state index is -3.66. The van der Waals surface area contributed by atoms with Gasteiger partial charge >= 0.3 is 5.97 Å². The first-order chi connectivity index (χ1) is 12.2. The van der Waals surface area contributed by atoms with Gasteiger partial charge in [-0.1, -0.05) is 12.2 Å². The van der Waals surface area contributed by atoms with Gasteiger partial charge in [-0.25, -0.2) is 8.42 Å². The van der Waals surface area contributed by atoms with Crippen LogP contribution in [-0.2, 0) is 24.3 Å². The maximum atomic E-state index is 13.0. The molecule has 3 aliphatic carbocycles. The molecule has 4 aliphatic rings. The molecule has 2 bridgehead atoms. The summed E-state index contributed by atoms with van der Waals surface area (Å²) in [6.07, 6.45) is 7.93. The lowest BCUT2D eigenvalue weighted by Gasteiger charge is -2.42. The first-order valence-corrected chi connectivity index (χ1v) is 10.8. The van der Waals surface area contributed by atoms with Gasteiger partial charge in [0.2, 0.25) is 15.9 Å². The molecule has 146 valence electrons. The number of carbonyl (C=O) groups excluding carboxylic acids is 1. The number of allylic oxidation sites excluding steroid dienone is 2. The topological polar surface area (TPSA) is 104 Å². The van der Waals surface area contributed by atoms with E-state index in [1.165, 1.54) is 0 Å². The second kappa shape index (κ2) is 7.66. The molecule has 1 aliphatic heterocycles. The molecule has 26 heavy (non-hydrogen) atoms. The molecule has 0 spiro atoms. The molecule has 4 atom stereocenters. The molecule has 0 aromatic rings. The Labute approximate surface area is 153 Å². The summed E-state index contributed by atoms with van der Waals surface area (Å²) in [7, 11) is -3.66. The van der Waals surface area contributed by atoms with Crippen LogP contribution in [0.15, 0.2) is 12.2 Å². The Morgan fingerprint density at radius 3 is 2.62 bits per heavy atom. The smallest absolute Gasteiger partial charge is 0.318 e. The molecule has 8 nitrogen and oxygen atoms in total. The number of carboxylic acid groups (broad SMARTS) is 1. The normalized spacial score (nSPS) is 31.4. The van der Waals surface area contributed by atoms with Crippen molar-refractivity contribution in [3.8, 4) is 0 Å². The number of carboxylic acids is 1. The molecule has 2 fully saturated rings. The summed E-state index contributed by atoms with van der Waals surface area (Å²) < 4.78 is 30.1. The number of fused-ring (bicyclic) bond motifs is 2. The highest BCUT2D eigenvalue weighted by Crippen LogP contribution is 2.41. The summed E-state index contributed by atoms with van der Waals surface area (Å²) in [5.74, 6) is -0.316. The lowest BCUT2D eigenvalue weighted by Crippen LogP contribution is -2.53. The van der Waals surface area contributed by atoms with Crippen molar-refractivity contribution in [1.29, 1.82) is 0 Å². The van der Waals surface area contributed by atoms with Gasteiger partial charge in [-0.05, 0) is 31.1 Å². The highest BCUT2D eigenvalue weighted by atomic mass is 32.2. The molecule has 1 unspecified atom stereocenters. The van der Waals surface area contributed by atoms with Crippen molar-refractivity contribution in [1.82, 2.24) is 9.21 Å². The zero-order chi connectivity index (χ0) is 18.9. The highest BCUT2D eigenvalue weighted by molar-refractivity contribution is 7.88. The molecule has 9 heteroatoms. The Kier molecular flexibility index (Phi) is 5.69. The van der Waals surface area contributed by atoms with Gasteiger partial charge in [0.15, 0.2) is 0 Å². The standard InChI is InChI=1S/C17H26N2O6S/c1-26(23,24)19(11-16(20)21)10-14-9-18(6-7-25-14)17(22)15-8-12-2-4-13(15)5-3-12/h2,4,12-15H,3,5-11H2,1H3,(H,20,21)/t12-,13+,14?,15-/m1/s1. The van der Waals surface area contributed by atoms with E-state index < -0.39 is 28.6 Å². The van der Waals surface area contributed by atoms with E-state index in [4.69, 9.17) is 9.84 Å². The van der Waals surface area contributed by atoms with Crippen molar-refractivity contribution in [2.75, 3.05) is 39.0 Å². The van der Waals surface area contributed by atoms with Gasteiger partial charge < -0.3 is 14.7 Å². The minimum Gasteiger partial charge on any atom is -0.480 e. The van der Waals surface area contributed by atoms with Crippen LogP contribution in [0, 0.1) is 17.8 Å². The van der Waals surface area contributed by atoms with E-state index in [1.807, 2.05) is 0 Å². The van der Waals surface area contributed by atoms with Gasteiger partial charge in [-0.3, -0.25) is 9.59 Å². The summed E-state index contributed by atoms with van der Waals surface area (Å²) in [6, 6.07) is 0. The van der Waals surface area contributed by atoms with Crippen molar-refractivity contribution < 1.29 is 27.9 Å². The molecular formula is C17H26N2O6S. The predicted octanol–water partition coefficient (Wildman–Crippen LogP) is 0.162. The zero-order valence-electron chi connectivity index (χ0n) is 14.9. The Balaban J connectivity index is 1.62. The number of ether oxygens (including phenoxy) is 1. The van der Waals surface area contributed by atoms with E-state index in [1.54, 1.807) is 4.90 Å². The number of carbonyl (C=O) groups is 2. The van der Waals surface area contributed by atoms with Crippen molar-refractivity contribution in [2.45, 2.75) is 25.4 Å². The fourth-order valence-corrected chi connectivity index (χ4v) is 4.96. The van der Waals surface area contributed by atoms with E-state index in [2.05, 4.69) is 12.2 Å². The molecule has 0 aromatic carbocycles. The third kappa shape index (κ3) is 4.44. The van der Waals surface area contributed by atoms with Crippen molar-refractivity contribution in [2.24, 2.45) is 17.8 Å². The van der Waals surface area contributed by atoms with Crippen LogP contribution in [0.4, 0.5) is 0 Å². The van der Waals surface area contributed by atoms with Gasteiger partial charge in [-0.15, -0.1) is 0 Å².